The number of rotatable bonds is 9. The van der Waals surface area contributed by atoms with Gasteiger partial charge in [0.05, 0.1) is 37.9 Å². The van der Waals surface area contributed by atoms with Crippen LogP contribution in [-0.4, -0.2) is 96.8 Å². The largest absolute Gasteiger partial charge is 0.492 e. The van der Waals surface area contributed by atoms with Crippen LogP contribution in [0.5, 0.6) is 17.5 Å². The number of imide groups is 1. The van der Waals surface area contributed by atoms with Crippen molar-refractivity contribution in [2.45, 2.75) is 0 Å². The number of hydrogen-bond donors (Lipinski definition) is 0. The van der Waals surface area contributed by atoms with Gasteiger partial charge in [0.15, 0.2) is 0 Å². The van der Waals surface area contributed by atoms with Crippen LogP contribution in [-0.2, 0) is 14.3 Å². The Morgan fingerprint density at radius 2 is 1.40 bits per heavy atom. The van der Waals surface area contributed by atoms with Gasteiger partial charge >= 0.3 is 6.01 Å². The molecule has 6 rings (SSSR count). The summed E-state index contributed by atoms with van der Waals surface area (Å²) in [5.74, 6) is 1.98. The number of morpholine rings is 2. The summed E-state index contributed by atoms with van der Waals surface area (Å²) in [4.78, 5) is 44.9. The highest BCUT2D eigenvalue weighted by atomic mass is 32.2. The zero-order valence-electron chi connectivity index (χ0n) is 22.9. The molecule has 0 aliphatic carbocycles. The quantitative estimate of drug-likeness (QED) is 0.340. The first kappa shape index (κ1) is 27.9. The number of aromatic nitrogens is 3. The zero-order valence-corrected chi connectivity index (χ0v) is 23.7. The van der Waals surface area contributed by atoms with E-state index in [0.29, 0.717) is 80.9 Å². The Kier molecular flexibility index (Phi) is 8.78. The molecule has 3 saturated heterocycles. The third-order valence-electron chi connectivity index (χ3n) is 6.77. The topological polar surface area (TPSA) is 119 Å². The fourth-order valence-electron chi connectivity index (χ4n) is 4.54. The Balaban J connectivity index is 1.12. The molecule has 218 valence electrons. The number of anilines is 2. The van der Waals surface area contributed by atoms with E-state index in [2.05, 4.69) is 19.8 Å². The second-order valence-electron chi connectivity index (χ2n) is 9.58. The fraction of sp³-hybridized carbons (Fsp3) is 0.345. The number of carbonyl (C=O) groups excluding carboxylic acids is 2. The lowest BCUT2D eigenvalue weighted by Crippen LogP contribution is -2.40. The summed E-state index contributed by atoms with van der Waals surface area (Å²) in [6.07, 6.45) is 1.70. The molecular formula is C29H30N6O6S. The van der Waals surface area contributed by atoms with Gasteiger partial charge in [0.1, 0.15) is 18.1 Å². The highest BCUT2D eigenvalue weighted by molar-refractivity contribution is 8.18. The molecule has 0 spiro atoms. The molecule has 3 aromatic rings. The van der Waals surface area contributed by atoms with Gasteiger partial charge in [0.25, 0.3) is 11.1 Å². The van der Waals surface area contributed by atoms with E-state index in [1.165, 1.54) is 4.90 Å². The zero-order chi connectivity index (χ0) is 28.7. The lowest BCUT2D eigenvalue weighted by Gasteiger charge is -2.30. The van der Waals surface area contributed by atoms with Crippen molar-refractivity contribution in [2.75, 3.05) is 75.6 Å². The second kappa shape index (κ2) is 13.2. The number of benzene rings is 2. The SMILES string of the molecule is O=C1S/C(=C\c2ccc(Oc3nc(N4CCOCC4)nc(N4CCOCC4)n3)cc2)C(=O)N1CCOc1ccccc1. The van der Waals surface area contributed by atoms with Crippen molar-refractivity contribution < 1.29 is 28.5 Å². The maximum Gasteiger partial charge on any atom is 0.328 e. The van der Waals surface area contributed by atoms with E-state index in [1.807, 2.05) is 42.5 Å². The Labute approximate surface area is 247 Å². The third-order valence-corrected chi connectivity index (χ3v) is 7.67. The standard InChI is InChI=1S/C29H30N6O6S/c36-25-24(42-29(37)35(25)14-19-40-22-4-2-1-3-5-22)20-21-6-8-23(9-7-21)41-28-31-26(33-10-15-38-16-11-33)30-27(32-28)34-12-17-39-18-13-34/h1-9,20H,10-19H2/b24-20-. The van der Waals surface area contributed by atoms with Crippen LogP contribution in [0.2, 0.25) is 0 Å². The highest BCUT2D eigenvalue weighted by Crippen LogP contribution is 2.32. The van der Waals surface area contributed by atoms with Crippen LogP contribution < -0.4 is 19.3 Å². The van der Waals surface area contributed by atoms with E-state index in [0.717, 1.165) is 17.3 Å². The molecule has 0 bridgehead atoms. The molecule has 3 fully saturated rings. The highest BCUT2D eigenvalue weighted by Gasteiger charge is 2.34. The second-order valence-corrected chi connectivity index (χ2v) is 10.6. The van der Waals surface area contributed by atoms with Gasteiger partial charge in [-0.15, -0.1) is 0 Å². The summed E-state index contributed by atoms with van der Waals surface area (Å²) in [6, 6.07) is 16.6. The Hall–Kier alpha value is -4.20. The van der Waals surface area contributed by atoms with Crippen LogP contribution >= 0.6 is 11.8 Å². The smallest absolute Gasteiger partial charge is 0.328 e. The van der Waals surface area contributed by atoms with E-state index in [-0.39, 0.29) is 30.3 Å². The van der Waals surface area contributed by atoms with Gasteiger partial charge < -0.3 is 28.7 Å². The Bertz CT molecular complexity index is 1390. The first-order valence-electron chi connectivity index (χ1n) is 13.7. The molecule has 2 amide bonds. The van der Waals surface area contributed by atoms with E-state index < -0.39 is 0 Å². The van der Waals surface area contributed by atoms with Gasteiger partial charge in [-0.25, -0.2) is 0 Å². The van der Waals surface area contributed by atoms with Gasteiger partial charge in [0, 0.05) is 26.2 Å². The lowest BCUT2D eigenvalue weighted by molar-refractivity contribution is -0.123. The molecule has 4 heterocycles. The molecular weight excluding hydrogens is 560 g/mol. The summed E-state index contributed by atoms with van der Waals surface area (Å²) in [5, 5.41) is -0.315. The minimum atomic E-state index is -0.335. The monoisotopic (exact) mass is 590 g/mol. The predicted octanol–water partition coefficient (Wildman–Crippen LogP) is 3.45. The number of para-hydroxylation sites is 1. The first-order valence-corrected chi connectivity index (χ1v) is 14.6. The molecule has 0 N–H and O–H groups in total. The summed E-state index contributed by atoms with van der Waals surface area (Å²) >= 11 is 0.918. The van der Waals surface area contributed by atoms with Crippen LogP contribution in [0.3, 0.4) is 0 Å². The van der Waals surface area contributed by atoms with Crippen molar-refractivity contribution >= 4 is 40.9 Å². The van der Waals surface area contributed by atoms with Crippen molar-refractivity contribution in [2.24, 2.45) is 0 Å². The molecule has 42 heavy (non-hydrogen) atoms. The lowest BCUT2D eigenvalue weighted by atomic mass is 10.2. The third kappa shape index (κ3) is 6.81. The summed E-state index contributed by atoms with van der Waals surface area (Å²) < 4.78 is 22.7. The van der Waals surface area contributed by atoms with Crippen LogP contribution in [0.25, 0.3) is 6.08 Å². The van der Waals surface area contributed by atoms with Crippen LogP contribution in [0, 0.1) is 0 Å². The van der Waals surface area contributed by atoms with Crippen LogP contribution in [0.1, 0.15) is 5.56 Å². The van der Waals surface area contributed by atoms with E-state index in [9.17, 15) is 9.59 Å². The van der Waals surface area contributed by atoms with E-state index in [1.54, 1.807) is 18.2 Å². The normalized spacial score (nSPS) is 18.6. The van der Waals surface area contributed by atoms with Gasteiger partial charge in [-0.1, -0.05) is 30.3 Å². The maximum atomic E-state index is 12.9. The Morgan fingerprint density at radius 1 is 0.786 bits per heavy atom. The average molecular weight is 591 g/mol. The summed E-state index contributed by atoms with van der Waals surface area (Å²) in [5.41, 5.74) is 0.757. The summed E-state index contributed by atoms with van der Waals surface area (Å²) in [7, 11) is 0. The van der Waals surface area contributed by atoms with Gasteiger partial charge in [-0.2, -0.15) is 15.0 Å². The number of thioether (sulfide) groups is 1. The van der Waals surface area contributed by atoms with Gasteiger partial charge in [-0.3, -0.25) is 14.5 Å². The molecule has 3 aliphatic rings. The van der Waals surface area contributed by atoms with Crippen LogP contribution in [0.4, 0.5) is 16.7 Å². The van der Waals surface area contributed by atoms with E-state index >= 15 is 0 Å². The molecule has 13 heteroatoms. The first-order chi connectivity index (χ1) is 20.6. The molecule has 1 aromatic heterocycles. The predicted molar refractivity (Wildman–Crippen MR) is 157 cm³/mol. The molecule has 12 nitrogen and oxygen atoms in total. The summed E-state index contributed by atoms with van der Waals surface area (Å²) in [6.45, 7) is 5.58. The van der Waals surface area contributed by atoms with Gasteiger partial charge in [-0.05, 0) is 47.7 Å². The van der Waals surface area contributed by atoms with Crippen molar-refractivity contribution in [1.29, 1.82) is 0 Å². The molecule has 2 aromatic carbocycles. The number of ether oxygens (including phenoxy) is 4. The fourth-order valence-corrected chi connectivity index (χ4v) is 5.41. The molecule has 0 saturated carbocycles. The minimum Gasteiger partial charge on any atom is -0.492 e. The number of carbonyl (C=O) groups is 2. The number of hydrogen-bond acceptors (Lipinski definition) is 12. The minimum absolute atomic E-state index is 0.175. The molecule has 0 radical (unpaired) electrons. The van der Waals surface area contributed by atoms with E-state index in [4.69, 9.17) is 23.9 Å². The van der Waals surface area contributed by atoms with Crippen molar-refractivity contribution in [1.82, 2.24) is 19.9 Å². The molecule has 0 atom stereocenters. The maximum absolute atomic E-state index is 12.9. The van der Waals surface area contributed by atoms with Crippen LogP contribution in [0.15, 0.2) is 59.5 Å². The number of amides is 2. The van der Waals surface area contributed by atoms with Gasteiger partial charge in [0.2, 0.25) is 11.9 Å². The molecule has 3 aliphatic heterocycles. The van der Waals surface area contributed by atoms with Crippen molar-refractivity contribution in [3.8, 4) is 17.5 Å². The molecule has 0 unspecified atom stereocenters. The van der Waals surface area contributed by atoms with Crippen molar-refractivity contribution in [3.05, 3.63) is 65.1 Å². The number of nitrogens with zero attached hydrogens (tertiary/aromatic N) is 6. The van der Waals surface area contributed by atoms with Crippen molar-refractivity contribution in [3.63, 3.8) is 0 Å². The average Bonchev–Trinajstić information content (AvgIpc) is 3.30. The Morgan fingerprint density at radius 3 is 2.02 bits per heavy atom.